The van der Waals surface area contributed by atoms with E-state index in [9.17, 15) is 4.79 Å². The number of hydrogen-bond acceptors (Lipinski definition) is 4. The number of nitrogens with zero attached hydrogens (tertiary/aromatic N) is 1. The molecular weight excluding hydrogens is 342 g/mol. The molecule has 1 fully saturated rings. The van der Waals surface area contributed by atoms with Gasteiger partial charge in [0.05, 0.1) is 25.9 Å². The van der Waals surface area contributed by atoms with Crippen LogP contribution in [0, 0.1) is 0 Å². The molecule has 2 aliphatic heterocycles. The molecule has 0 N–H and O–H groups in total. The molecule has 27 heavy (non-hydrogen) atoms. The summed E-state index contributed by atoms with van der Waals surface area (Å²) in [6.45, 7) is 1.79. The lowest BCUT2D eigenvalue weighted by atomic mass is 9.89. The molecule has 2 aromatic rings. The number of fused-ring (bicyclic) bond motifs is 1. The standard InChI is InChI=1S/C22H25NO4/c1-25-18-7-9-20-17(13-18)11-12-23(21(20)10-8-19-15-26-19)22(24)27-14-16-5-3-2-4-6-16/h2-7,9,13,19,21H,8,10-12,14-15H2,1H3. The van der Waals surface area contributed by atoms with Gasteiger partial charge in [-0.05, 0) is 48.1 Å². The van der Waals surface area contributed by atoms with E-state index in [1.165, 1.54) is 11.1 Å². The van der Waals surface area contributed by atoms with Crippen LogP contribution in [0.1, 0.15) is 35.6 Å². The van der Waals surface area contributed by atoms with Gasteiger partial charge < -0.3 is 19.1 Å². The zero-order chi connectivity index (χ0) is 18.6. The second-order valence-corrected chi connectivity index (χ2v) is 7.10. The lowest BCUT2D eigenvalue weighted by molar-refractivity contribution is 0.0740. The van der Waals surface area contributed by atoms with Gasteiger partial charge in [-0.3, -0.25) is 0 Å². The number of amides is 1. The fourth-order valence-electron chi connectivity index (χ4n) is 3.73. The van der Waals surface area contributed by atoms with Gasteiger partial charge in [0.25, 0.3) is 0 Å². The maximum Gasteiger partial charge on any atom is 0.410 e. The lowest BCUT2D eigenvalue weighted by Crippen LogP contribution is -2.40. The van der Waals surface area contributed by atoms with E-state index in [4.69, 9.17) is 14.2 Å². The average Bonchev–Trinajstić information content (AvgIpc) is 3.55. The van der Waals surface area contributed by atoms with E-state index >= 15 is 0 Å². The summed E-state index contributed by atoms with van der Waals surface area (Å²) < 4.78 is 16.3. The molecule has 5 nitrogen and oxygen atoms in total. The average molecular weight is 367 g/mol. The Balaban J connectivity index is 1.49. The van der Waals surface area contributed by atoms with Gasteiger partial charge in [0.2, 0.25) is 0 Å². The van der Waals surface area contributed by atoms with Crippen LogP contribution < -0.4 is 4.74 Å². The van der Waals surface area contributed by atoms with Crippen molar-refractivity contribution >= 4 is 6.09 Å². The van der Waals surface area contributed by atoms with E-state index in [0.29, 0.717) is 19.3 Å². The number of methoxy groups -OCH3 is 1. The minimum Gasteiger partial charge on any atom is -0.497 e. The fourth-order valence-corrected chi connectivity index (χ4v) is 3.73. The van der Waals surface area contributed by atoms with Gasteiger partial charge in [-0.15, -0.1) is 0 Å². The van der Waals surface area contributed by atoms with Crippen LogP contribution in [-0.2, 0) is 22.5 Å². The molecule has 0 aromatic heterocycles. The molecule has 1 saturated heterocycles. The molecule has 0 bridgehead atoms. The number of carbonyl (C=O) groups is 1. The molecule has 2 unspecified atom stereocenters. The number of rotatable bonds is 6. The molecular formula is C22H25NO4. The van der Waals surface area contributed by atoms with Gasteiger partial charge in [0.1, 0.15) is 12.4 Å². The normalized spacial score (nSPS) is 20.7. The van der Waals surface area contributed by atoms with Crippen LogP contribution in [-0.4, -0.2) is 37.4 Å². The molecule has 2 atom stereocenters. The second-order valence-electron chi connectivity index (χ2n) is 7.10. The van der Waals surface area contributed by atoms with E-state index in [1.54, 1.807) is 7.11 Å². The van der Waals surface area contributed by atoms with Gasteiger partial charge >= 0.3 is 6.09 Å². The van der Waals surface area contributed by atoms with Crippen LogP contribution in [0.5, 0.6) is 5.75 Å². The summed E-state index contributed by atoms with van der Waals surface area (Å²) in [5.41, 5.74) is 3.44. The Labute approximate surface area is 159 Å². The zero-order valence-corrected chi connectivity index (χ0v) is 15.6. The highest BCUT2D eigenvalue weighted by Gasteiger charge is 2.34. The number of carbonyl (C=O) groups excluding carboxylic acids is 1. The van der Waals surface area contributed by atoms with Crippen molar-refractivity contribution in [1.29, 1.82) is 0 Å². The molecule has 142 valence electrons. The number of benzene rings is 2. The first-order valence-electron chi connectivity index (χ1n) is 9.50. The van der Waals surface area contributed by atoms with Crippen molar-refractivity contribution in [2.45, 2.75) is 38.0 Å². The molecule has 0 aliphatic carbocycles. The Bertz CT molecular complexity index is 788. The maximum atomic E-state index is 12.8. The SMILES string of the molecule is COc1ccc2c(c1)CCN(C(=O)OCc1ccccc1)C2CCC1CO1. The van der Waals surface area contributed by atoms with Crippen molar-refractivity contribution in [3.8, 4) is 5.75 Å². The number of hydrogen-bond donors (Lipinski definition) is 0. The van der Waals surface area contributed by atoms with E-state index in [-0.39, 0.29) is 12.1 Å². The highest BCUT2D eigenvalue weighted by molar-refractivity contribution is 5.69. The van der Waals surface area contributed by atoms with E-state index in [2.05, 4.69) is 12.1 Å². The lowest BCUT2D eigenvalue weighted by Gasteiger charge is -2.37. The third kappa shape index (κ3) is 4.25. The molecule has 4 rings (SSSR count). The van der Waals surface area contributed by atoms with Crippen molar-refractivity contribution in [2.24, 2.45) is 0 Å². The highest BCUT2D eigenvalue weighted by Crippen LogP contribution is 2.37. The molecule has 0 saturated carbocycles. The minimum absolute atomic E-state index is 0.0205. The van der Waals surface area contributed by atoms with Crippen molar-refractivity contribution in [3.05, 3.63) is 65.2 Å². The van der Waals surface area contributed by atoms with Crippen molar-refractivity contribution in [1.82, 2.24) is 4.90 Å². The third-order valence-corrected chi connectivity index (χ3v) is 5.31. The van der Waals surface area contributed by atoms with Crippen molar-refractivity contribution in [3.63, 3.8) is 0 Å². The predicted molar refractivity (Wildman–Crippen MR) is 102 cm³/mol. The Morgan fingerprint density at radius 1 is 1.19 bits per heavy atom. The molecule has 1 amide bonds. The van der Waals surface area contributed by atoms with Crippen LogP contribution in [0.3, 0.4) is 0 Å². The van der Waals surface area contributed by atoms with Crippen LogP contribution in [0.2, 0.25) is 0 Å². The van der Waals surface area contributed by atoms with Gasteiger partial charge in [-0.1, -0.05) is 36.4 Å². The Morgan fingerprint density at radius 2 is 2.00 bits per heavy atom. The summed E-state index contributed by atoms with van der Waals surface area (Å²) in [6, 6.07) is 16.0. The molecule has 2 aliphatic rings. The van der Waals surface area contributed by atoms with Gasteiger partial charge in [-0.2, -0.15) is 0 Å². The summed E-state index contributed by atoms with van der Waals surface area (Å²) in [4.78, 5) is 14.7. The fraction of sp³-hybridized carbons (Fsp3) is 0.409. The molecule has 2 aromatic carbocycles. The van der Waals surface area contributed by atoms with Gasteiger partial charge in [0.15, 0.2) is 0 Å². The van der Waals surface area contributed by atoms with Crippen LogP contribution >= 0.6 is 0 Å². The topological polar surface area (TPSA) is 51.3 Å². The first-order valence-corrected chi connectivity index (χ1v) is 9.50. The quantitative estimate of drug-likeness (QED) is 0.721. The van der Waals surface area contributed by atoms with Gasteiger partial charge in [-0.25, -0.2) is 4.79 Å². The Morgan fingerprint density at radius 3 is 2.74 bits per heavy atom. The van der Waals surface area contributed by atoms with E-state index < -0.39 is 0 Å². The molecule has 5 heteroatoms. The largest absolute Gasteiger partial charge is 0.497 e. The molecule has 0 radical (unpaired) electrons. The molecule has 0 spiro atoms. The third-order valence-electron chi connectivity index (χ3n) is 5.31. The van der Waals surface area contributed by atoms with Crippen LogP contribution in [0.4, 0.5) is 4.79 Å². The maximum absolute atomic E-state index is 12.8. The summed E-state index contributed by atoms with van der Waals surface area (Å²) in [5, 5.41) is 0. The number of epoxide rings is 1. The van der Waals surface area contributed by atoms with E-state index in [1.807, 2.05) is 41.3 Å². The second kappa shape index (κ2) is 8.01. The summed E-state index contributed by atoms with van der Waals surface area (Å²) >= 11 is 0. The van der Waals surface area contributed by atoms with Crippen molar-refractivity contribution in [2.75, 3.05) is 20.3 Å². The Hall–Kier alpha value is -2.53. The van der Waals surface area contributed by atoms with Crippen molar-refractivity contribution < 1.29 is 19.0 Å². The van der Waals surface area contributed by atoms with Crippen LogP contribution in [0.15, 0.2) is 48.5 Å². The Kier molecular flexibility index (Phi) is 5.30. The smallest absolute Gasteiger partial charge is 0.410 e. The predicted octanol–water partition coefficient (Wildman–Crippen LogP) is 4.11. The first kappa shape index (κ1) is 17.9. The van der Waals surface area contributed by atoms with Crippen LogP contribution in [0.25, 0.3) is 0 Å². The number of ether oxygens (including phenoxy) is 3. The summed E-state index contributed by atoms with van der Waals surface area (Å²) in [6.07, 6.45) is 2.74. The monoisotopic (exact) mass is 367 g/mol. The highest BCUT2D eigenvalue weighted by atomic mass is 16.6. The molecule has 2 heterocycles. The summed E-state index contributed by atoms with van der Waals surface area (Å²) in [5.74, 6) is 0.859. The van der Waals surface area contributed by atoms with Gasteiger partial charge in [0, 0.05) is 6.54 Å². The first-order chi connectivity index (χ1) is 13.2. The minimum atomic E-state index is -0.248. The summed E-state index contributed by atoms with van der Waals surface area (Å²) in [7, 11) is 1.68. The zero-order valence-electron chi connectivity index (χ0n) is 15.6. The van der Waals surface area contributed by atoms with E-state index in [0.717, 1.165) is 37.2 Å².